The van der Waals surface area contributed by atoms with Gasteiger partial charge in [0.2, 0.25) is 0 Å². The smallest absolute Gasteiger partial charge is 0.137 e. The van der Waals surface area contributed by atoms with Gasteiger partial charge in [-0.15, -0.1) is 0 Å². The second-order valence-corrected chi connectivity index (χ2v) is 4.62. The van der Waals surface area contributed by atoms with Crippen molar-refractivity contribution in [3.05, 3.63) is 40.2 Å². The Bertz CT molecular complexity index is 578. The van der Waals surface area contributed by atoms with Gasteiger partial charge < -0.3 is 10.5 Å². The van der Waals surface area contributed by atoms with Crippen LogP contribution >= 0.6 is 11.6 Å². The Kier molecular flexibility index (Phi) is 3.48. The van der Waals surface area contributed by atoms with Crippen LogP contribution in [-0.4, -0.2) is 16.9 Å². The van der Waals surface area contributed by atoms with Crippen molar-refractivity contribution < 1.29 is 4.74 Å². The molecule has 1 aromatic carbocycles. The van der Waals surface area contributed by atoms with E-state index in [9.17, 15) is 0 Å². The highest BCUT2D eigenvalue weighted by Crippen LogP contribution is 2.25. The third-order valence-corrected chi connectivity index (χ3v) is 3.28. The minimum Gasteiger partial charge on any atom is -0.495 e. The average Bonchev–Trinajstić information content (AvgIpc) is 2.57. The summed E-state index contributed by atoms with van der Waals surface area (Å²) in [5.74, 6) is 0.674. The fourth-order valence-electron chi connectivity index (χ4n) is 1.85. The lowest BCUT2D eigenvalue weighted by Gasteiger charge is -2.07. The quantitative estimate of drug-likeness (QED) is 0.928. The number of halogens is 1. The minimum absolute atomic E-state index is 0.601. The summed E-state index contributed by atoms with van der Waals surface area (Å²) in [7, 11) is 1.60. The zero-order chi connectivity index (χ0) is 13.3. The number of aryl methyl sites for hydroxylation is 1. The summed E-state index contributed by atoms with van der Waals surface area (Å²) >= 11 is 6.09. The molecule has 2 rings (SSSR count). The monoisotopic (exact) mass is 265 g/mol. The molecule has 0 saturated heterocycles. The van der Waals surface area contributed by atoms with Gasteiger partial charge in [-0.1, -0.05) is 17.7 Å². The summed E-state index contributed by atoms with van der Waals surface area (Å²) in [6.07, 6.45) is 0. The van der Waals surface area contributed by atoms with Crippen LogP contribution in [0.5, 0.6) is 5.75 Å². The van der Waals surface area contributed by atoms with E-state index < -0.39 is 0 Å². The molecule has 4 nitrogen and oxygen atoms in total. The van der Waals surface area contributed by atoms with Gasteiger partial charge in [-0.25, -0.2) is 0 Å². The number of aromatic nitrogens is 2. The van der Waals surface area contributed by atoms with E-state index in [0.717, 1.165) is 22.6 Å². The van der Waals surface area contributed by atoms with Crippen molar-refractivity contribution in [2.45, 2.75) is 20.4 Å². The molecule has 1 heterocycles. The van der Waals surface area contributed by atoms with Gasteiger partial charge in [-0.05, 0) is 31.5 Å². The number of nitrogens with zero attached hydrogens (tertiary/aromatic N) is 2. The summed E-state index contributed by atoms with van der Waals surface area (Å²) in [6, 6.07) is 5.71. The van der Waals surface area contributed by atoms with Crippen molar-refractivity contribution in [2.75, 3.05) is 12.8 Å². The van der Waals surface area contributed by atoms with Gasteiger partial charge in [-0.3, -0.25) is 4.68 Å². The predicted octanol–water partition coefficient (Wildman–Crippen LogP) is 2.79. The van der Waals surface area contributed by atoms with Gasteiger partial charge in [0.1, 0.15) is 5.75 Å². The summed E-state index contributed by atoms with van der Waals surface area (Å²) in [4.78, 5) is 0. The van der Waals surface area contributed by atoms with Gasteiger partial charge in [0.05, 0.1) is 35.8 Å². The molecule has 0 bridgehead atoms. The third kappa shape index (κ3) is 2.29. The Morgan fingerprint density at radius 3 is 2.61 bits per heavy atom. The first-order valence-electron chi connectivity index (χ1n) is 5.65. The molecule has 18 heavy (non-hydrogen) atoms. The van der Waals surface area contributed by atoms with E-state index in [1.807, 2.05) is 36.7 Å². The molecule has 2 N–H and O–H groups in total. The lowest BCUT2D eigenvalue weighted by atomic mass is 10.2. The maximum absolute atomic E-state index is 6.09. The molecule has 0 aliphatic heterocycles. The highest BCUT2D eigenvalue weighted by Gasteiger charge is 2.09. The zero-order valence-corrected chi connectivity index (χ0v) is 11.5. The van der Waals surface area contributed by atoms with E-state index in [2.05, 4.69) is 5.10 Å². The van der Waals surface area contributed by atoms with E-state index in [1.165, 1.54) is 0 Å². The highest BCUT2D eigenvalue weighted by atomic mass is 35.5. The van der Waals surface area contributed by atoms with Crippen molar-refractivity contribution >= 4 is 17.3 Å². The standard InChI is InChI=1S/C13H16ClN3O/c1-8-13(15)9(2)17(16-8)7-10-4-5-12(18-3)11(14)6-10/h4-6H,7,15H2,1-3H3. The van der Waals surface area contributed by atoms with Crippen LogP contribution in [0.4, 0.5) is 5.69 Å². The molecule has 0 fully saturated rings. The third-order valence-electron chi connectivity index (χ3n) is 2.99. The van der Waals surface area contributed by atoms with Crippen LogP contribution in [0.3, 0.4) is 0 Å². The molecule has 0 saturated carbocycles. The van der Waals surface area contributed by atoms with Crippen molar-refractivity contribution in [1.82, 2.24) is 9.78 Å². The first kappa shape index (κ1) is 12.8. The van der Waals surface area contributed by atoms with E-state index in [1.54, 1.807) is 7.11 Å². The maximum atomic E-state index is 6.09. The molecule has 0 amide bonds. The summed E-state index contributed by atoms with van der Waals surface area (Å²) < 4.78 is 7.00. The van der Waals surface area contributed by atoms with Crippen molar-refractivity contribution in [3.63, 3.8) is 0 Å². The van der Waals surface area contributed by atoms with Gasteiger partial charge in [0.25, 0.3) is 0 Å². The number of nitrogens with two attached hydrogens (primary N) is 1. The molecular weight excluding hydrogens is 250 g/mol. The topological polar surface area (TPSA) is 53.1 Å². The number of ether oxygens (including phenoxy) is 1. The summed E-state index contributed by atoms with van der Waals surface area (Å²) in [5, 5.41) is 5.00. The Balaban J connectivity index is 2.28. The van der Waals surface area contributed by atoms with Crippen LogP contribution < -0.4 is 10.5 Å². The molecule has 96 valence electrons. The molecule has 0 aliphatic carbocycles. The molecule has 0 spiro atoms. The van der Waals surface area contributed by atoms with Crippen LogP contribution in [0.1, 0.15) is 17.0 Å². The SMILES string of the molecule is COc1ccc(Cn2nc(C)c(N)c2C)cc1Cl. The van der Waals surface area contributed by atoms with Crippen molar-refractivity contribution in [2.24, 2.45) is 0 Å². The number of methoxy groups -OCH3 is 1. The first-order chi connectivity index (χ1) is 8.52. The van der Waals surface area contributed by atoms with Crippen molar-refractivity contribution in [1.29, 1.82) is 0 Å². The maximum Gasteiger partial charge on any atom is 0.137 e. The number of rotatable bonds is 3. The van der Waals surface area contributed by atoms with Crippen LogP contribution in [0.15, 0.2) is 18.2 Å². The molecule has 5 heteroatoms. The fraction of sp³-hybridized carbons (Fsp3) is 0.308. The highest BCUT2D eigenvalue weighted by molar-refractivity contribution is 6.32. The Morgan fingerprint density at radius 1 is 1.39 bits per heavy atom. The number of nitrogen functional groups attached to an aromatic ring is 1. The lowest BCUT2D eigenvalue weighted by molar-refractivity contribution is 0.415. The van der Waals surface area contributed by atoms with E-state index in [0.29, 0.717) is 17.3 Å². The minimum atomic E-state index is 0.601. The van der Waals surface area contributed by atoms with E-state index in [-0.39, 0.29) is 0 Å². The molecule has 0 radical (unpaired) electrons. The fourth-order valence-corrected chi connectivity index (χ4v) is 2.13. The number of benzene rings is 1. The number of anilines is 1. The number of hydrogen-bond donors (Lipinski definition) is 1. The molecule has 1 aromatic heterocycles. The predicted molar refractivity (Wildman–Crippen MR) is 73.2 cm³/mol. The Labute approximate surface area is 111 Å². The Morgan fingerprint density at radius 2 is 2.11 bits per heavy atom. The van der Waals surface area contributed by atoms with E-state index >= 15 is 0 Å². The molecule has 0 aliphatic rings. The van der Waals surface area contributed by atoms with Gasteiger partial charge in [0, 0.05) is 0 Å². The van der Waals surface area contributed by atoms with Gasteiger partial charge in [0.15, 0.2) is 0 Å². The zero-order valence-electron chi connectivity index (χ0n) is 10.7. The molecular formula is C13H16ClN3O. The van der Waals surface area contributed by atoms with E-state index in [4.69, 9.17) is 22.1 Å². The molecule has 0 atom stereocenters. The van der Waals surface area contributed by atoms with Gasteiger partial charge in [-0.2, -0.15) is 5.10 Å². The van der Waals surface area contributed by atoms with Gasteiger partial charge >= 0.3 is 0 Å². The Hall–Kier alpha value is -1.68. The van der Waals surface area contributed by atoms with Crippen molar-refractivity contribution in [3.8, 4) is 5.75 Å². The van der Waals surface area contributed by atoms with Crippen LogP contribution in [0.2, 0.25) is 5.02 Å². The number of hydrogen-bond acceptors (Lipinski definition) is 3. The second-order valence-electron chi connectivity index (χ2n) is 4.21. The summed E-state index contributed by atoms with van der Waals surface area (Å²) in [6.45, 7) is 4.51. The molecule has 0 unspecified atom stereocenters. The second kappa shape index (κ2) is 4.90. The molecule has 2 aromatic rings. The first-order valence-corrected chi connectivity index (χ1v) is 6.02. The van der Waals surface area contributed by atoms with Crippen LogP contribution in [0, 0.1) is 13.8 Å². The van der Waals surface area contributed by atoms with Crippen LogP contribution in [0.25, 0.3) is 0 Å². The summed E-state index contributed by atoms with van der Waals surface area (Å²) in [5.41, 5.74) is 9.53. The van der Waals surface area contributed by atoms with Crippen LogP contribution in [-0.2, 0) is 6.54 Å². The lowest BCUT2D eigenvalue weighted by Crippen LogP contribution is -2.04. The average molecular weight is 266 g/mol. The largest absolute Gasteiger partial charge is 0.495 e. The normalized spacial score (nSPS) is 10.7.